The fourth-order valence-corrected chi connectivity index (χ4v) is 3.90. The molecule has 104 valence electrons. The summed E-state index contributed by atoms with van der Waals surface area (Å²) in [6.45, 7) is 0.0393. The fraction of sp³-hybridized carbons (Fsp3) is 0.818. The van der Waals surface area contributed by atoms with Crippen LogP contribution in [0.3, 0.4) is 0 Å². The normalized spacial score (nSPS) is 16.7. The number of carboxylic acids is 1. The Morgan fingerprint density at radius 3 is 2.33 bits per heavy atom. The monoisotopic (exact) mass is 277 g/mol. The summed E-state index contributed by atoms with van der Waals surface area (Å²) in [7, 11) is -3.17. The summed E-state index contributed by atoms with van der Waals surface area (Å²) < 4.78 is 23.7. The van der Waals surface area contributed by atoms with Crippen molar-refractivity contribution in [3.8, 4) is 0 Å². The second kappa shape index (κ2) is 6.72. The van der Waals surface area contributed by atoms with Crippen molar-refractivity contribution in [1.82, 2.24) is 5.32 Å². The molecule has 1 fully saturated rings. The predicted molar refractivity (Wildman–Crippen MR) is 65.9 cm³/mol. The van der Waals surface area contributed by atoms with Gasteiger partial charge in [0.25, 0.3) is 0 Å². The van der Waals surface area contributed by atoms with Crippen molar-refractivity contribution >= 4 is 21.7 Å². The van der Waals surface area contributed by atoms with E-state index in [4.69, 9.17) is 5.11 Å². The Bertz CT molecular complexity index is 398. The second-order valence-corrected chi connectivity index (χ2v) is 6.92. The van der Waals surface area contributed by atoms with E-state index in [1.165, 1.54) is 0 Å². The highest BCUT2D eigenvalue weighted by molar-refractivity contribution is 7.92. The number of hydrogen-bond acceptors (Lipinski definition) is 4. The number of sulfone groups is 1. The molecule has 0 atom stereocenters. The lowest BCUT2D eigenvalue weighted by molar-refractivity contribution is -0.136. The average molecular weight is 277 g/mol. The van der Waals surface area contributed by atoms with Crippen molar-refractivity contribution in [2.75, 3.05) is 12.3 Å². The summed E-state index contributed by atoms with van der Waals surface area (Å²) >= 11 is 0. The number of amides is 1. The van der Waals surface area contributed by atoms with Crippen molar-refractivity contribution in [2.45, 2.75) is 43.8 Å². The molecule has 0 bridgehead atoms. The number of nitrogens with one attached hydrogen (secondary N) is 1. The largest absolute Gasteiger partial charge is 0.481 e. The van der Waals surface area contributed by atoms with E-state index in [2.05, 4.69) is 5.32 Å². The molecule has 6 nitrogen and oxygen atoms in total. The number of rotatable bonds is 7. The fourth-order valence-electron chi connectivity index (χ4n) is 2.05. The molecule has 1 amide bonds. The van der Waals surface area contributed by atoms with E-state index in [-0.39, 0.29) is 30.4 Å². The Hall–Kier alpha value is -1.11. The van der Waals surface area contributed by atoms with Gasteiger partial charge in [0.05, 0.1) is 17.4 Å². The van der Waals surface area contributed by atoms with Gasteiger partial charge in [0, 0.05) is 13.0 Å². The molecule has 0 aromatic heterocycles. The third kappa shape index (κ3) is 5.03. The maximum atomic E-state index is 11.8. The van der Waals surface area contributed by atoms with Gasteiger partial charge in [-0.05, 0) is 12.8 Å². The number of carbonyl (C=O) groups is 2. The minimum absolute atomic E-state index is 0.0393. The van der Waals surface area contributed by atoms with Gasteiger partial charge in [-0.2, -0.15) is 0 Å². The number of hydrogen-bond donors (Lipinski definition) is 2. The molecule has 0 radical (unpaired) electrons. The summed E-state index contributed by atoms with van der Waals surface area (Å²) in [4.78, 5) is 21.5. The van der Waals surface area contributed by atoms with Crippen LogP contribution in [-0.4, -0.2) is 42.9 Å². The molecule has 2 N–H and O–H groups in total. The smallest absolute Gasteiger partial charge is 0.305 e. The van der Waals surface area contributed by atoms with Crippen molar-refractivity contribution in [2.24, 2.45) is 0 Å². The summed E-state index contributed by atoms with van der Waals surface area (Å²) in [6.07, 6.45) is 3.04. The van der Waals surface area contributed by atoms with Crippen LogP contribution in [0.5, 0.6) is 0 Å². The first-order chi connectivity index (χ1) is 8.42. The molecule has 7 heteroatoms. The lowest BCUT2D eigenvalue weighted by atomic mass is 10.4. The first kappa shape index (κ1) is 14.9. The van der Waals surface area contributed by atoms with Gasteiger partial charge >= 0.3 is 5.97 Å². The standard InChI is InChI=1S/C11H19NO5S/c13-10(12-7-5-11(14)15)6-8-18(16,17)9-3-1-2-4-9/h9H,1-8H2,(H,12,13)(H,14,15). The average Bonchev–Trinajstić information content (AvgIpc) is 2.80. The molecule has 1 rings (SSSR count). The predicted octanol–water partition coefficient (Wildman–Crippen LogP) is 0.325. The van der Waals surface area contributed by atoms with Crippen LogP contribution in [0, 0.1) is 0 Å². The van der Waals surface area contributed by atoms with Gasteiger partial charge in [0.2, 0.25) is 5.91 Å². The molecule has 1 aliphatic rings. The highest BCUT2D eigenvalue weighted by Crippen LogP contribution is 2.25. The number of carbonyl (C=O) groups excluding carboxylic acids is 1. The quantitative estimate of drug-likeness (QED) is 0.698. The zero-order valence-corrected chi connectivity index (χ0v) is 11.0. The van der Waals surface area contributed by atoms with Crippen LogP contribution in [0.4, 0.5) is 0 Å². The molecule has 0 aliphatic heterocycles. The first-order valence-electron chi connectivity index (χ1n) is 6.12. The zero-order chi connectivity index (χ0) is 13.6. The highest BCUT2D eigenvalue weighted by atomic mass is 32.2. The van der Waals surface area contributed by atoms with Gasteiger partial charge in [-0.25, -0.2) is 8.42 Å². The first-order valence-corrected chi connectivity index (χ1v) is 7.83. The molecule has 0 aromatic rings. The third-order valence-electron chi connectivity index (χ3n) is 3.08. The molecule has 18 heavy (non-hydrogen) atoms. The van der Waals surface area contributed by atoms with Gasteiger partial charge in [0.15, 0.2) is 9.84 Å². The SMILES string of the molecule is O=C(O)CCNC(=O)CCS(=O)(=O)C1CCCC1. The molecule has 1 aliphatic carbocycles. The van der Waals surface area contributed by atoms with E-state index in [0.29, 0.717) is 12.8 Å². The van der Waals surface area contributed by atoms with E-state index in [9.17, 15) is 18.0 Å². The molecular weight excluding hydrogens is 258 g/mol. The van der Waals surface area contributed by atoms with Crippen LogP contribution >= 0.6 is 0 Å². The van der Waals surface area contributed by atoms with Crippen LogP contribution in [0.1, 0.15) is 38.5 Å². The van der Waals surface area contributed by atoms with Gasteiger partial charge < -0.3 is 10.4 Å². The van der Waals surface area contributed by atoms with Gasteiger partial charge in [0.1, 0.15) is 0 Å². The lowest BCUT2D eigenvalue weighted by Gasteiger charge is -2.10. The zero-order valence-electron chi connectivity index (χ0n) is 10.2. The third-order valence-corrected chi connectivity index (χ3v) is 5.35. The van der Waals surface area contributed by atoms with E-state index in [1.54, 1.807) is 0 Å². The Labute approximate surface area is 107 Å². The second-order valence-electron chi connectivity index (χ2n) is 4.52. The van der Waals surface area contributed by atoms with Gasteiger partial charge in [-0.3, -0.25) is 9.59 Å². The van der Waals surface area contributed by atoms with Gasteiger partial charge in [-0.15, -0.1) is 0 Å². The molecule has 1 saturated carbocycles. The summed E-state index contributed by atoms with van der Waals surface area (Å²) in [5.41, 5.74) is 0. The van der Waals surface area contributed by atoms with Crippen LogP contribution in [0.2, 0.25) is 0 Å². The summed E-state index contributed by atoms with van der Waals surface area (Å²) in [5, 5.41) is 10.5. The van der Waals surface area contributed by atoms with E-state index in [0.717, 1.165) is 12.8 Å². The Morgan fingerprint density at radius 1 is 1.17 bits per heavy atom. The van der Waals surface area contributed by atoms with Gasteiger partial charge in [-0.1, -0.05) is 12.8 Å². The molecule has 0 spiro atoms. The Balaban J connectivity index is 2.26. The number of carboxylic acid groups (broad SMARTS) is 1. The van der Waals surface area contributed by atoms with Crippen LogP contribution in [0.25, 0.3) is 0 Å². The van der Waals surface area contributed by atoms with Crippen LogP contribution in [0.15, 0.2) is 0 Å². The minimum Gasteiger partial charge on any atom is -0.481 e. The Kier molecular flexibility index (Phi) is 5.58. The summed E-state index contributed by atoms with van der Waals surface area (Å²) in [5.74, 6) is -1.54. The maximum Gasteiger partial charge on any atom is 0.305 e. The van der Waals surface area contributed by atoms with Crippen molar-refractivity contribution < 1.29 is 23.1 Å². The number of aliphatic carboxylic acids is 1. The summed E-state index contributed by atoms with van der Waals surface area (Å²) in [6, 6.07) is 0. The molecule has 0 heterocycles. The minimum atomic E-state index is -3.17. The van der Waals surface area contributed by atoms with Crippen molar-refractivity contribution in [3.63, 3.8) is 0 Å². The molecule has 0 unspecified atom stereocenters. The van der Waals surface area contributed by atoms with E-state index < -0.39 is 21.7 Å². The lowest BCUT2D eigenvalue weighted by Crippen LogP contribution is -2.29. The topological polar surface area (TPSA) is 101 Å². The van der Waals surface area contributed by atoms with Crippen LogP contribution in [-0.2, 0) is 19.4 Å². The van der Waals surface area contributed by atoms with E-state index >= 15 is 0 Å². The maximum absolute atomic E-state index is 11.8. The Morgan fingerprint density at radius 2 is 1.78 bits per heavy atom. The van der Waals surface area contributed by atoms with Crippen LogP contribution < -0.4 is 5.32 Å². The molecule has 0 saturated heterocycles. The highest BCUT2D eigenvalue weighted by Gasteiger charge is 2.28. The van der Waals surface area contributed by atoms with Crippen molar-refractivity contribution in [1.29, 1.82) is 0 Å². The molecule has 0 aromatic carbocycles. The molecular formula is C11H19NO5S. The van der Waals surface area contributed by atoms with Crippen molar-refractivity contribution in [3.05, 3.63) is 0 Å². The van der Waals surface area contributed by atoms with E-state index in [1.807, 2.05) is 0 Å².